The van der Waals surface area contributed by atoms with Gasteiger partial charge in [0.05, 0.1) is 0 Å². The van der Waals surface area contributed by atoms with Crippen molar-refractivity contribution < 1.29 is 9.59 Å². The van der Waals surface area contributed by atoms with E-state index in [2.05, 4.69) is 10.6 Å². The van der Waals surface area contributed by atoms with Gasteiger partial charge >= 0.3 is 6.03 Å². The van der Waals surface area contributed by atoms with Gasteiger partial charge in [0, 0.05) is 6.04 Å². The van der Waals surface area contributed by atoms with Crippen LogP contribution in [0.1, 0.15) is 56.6 Å². The Morgan fingerprint density at radius 2 is 1.59 bits per heavy atom. The maximum absolute atomic E-state index is 12.3. The Morgan fingerprint density at radius 1 is 1.00 bits per heavy atom. The molecular weight excluding hydrogens is 278 g/mol. The fourth-order valence-electron chi connectivity index (χ4n) is 3.02. The van der Waals surface area contributed by atoms with E-state index >= 15 is 0 Å². The molecule has 1 aliphatic rings. The molecule has 1 aliphatic carbocycles. The van der Waals surface area contributed by atoms with Crippen LogP contribution in [0.25, 0.3) is 0 Å². The third-order valence-corrected chi connectivity index (χ3v) is 4.15. The van der Waals surface area contributed by atoms with E-state index in [9.17, 15) is 9.59 Å². The third-order valence-electron chi connectivity index (χ3n) is 4.15. The zero-order chi connectivity index (χ0) is 15.8. The Labute approximate surface area is 131 Å². The first-order valence-electron chi connectivity index (χ1n) is 8.08. The van der Waals surface area contributed by atoms with Gasteiger partial charge in [-0.1, -0.05) is 62.4 Å². The lowest BCUT2D eigenvalue weighted by Gasteiger charge is -2.26. The average Bonchev–Trinajstić information content (AvgIpc) is 2.46. The first-order chi connectivity index (χ1) is 10.7. The number of primary amides is 1. The summed E-state index contributed by atoms with van der Waals surface area (Å²) in [4.78, 5) is 23.3. The first kappa shape index (κ1) is 16.5. The van der Waals surface area contributed by atoms with Crippen LogP contribution in [0.15, 0.2) is 30.3 Å². The van der Waals surface area contributed by atoms with Crippen LogP contribution in [0.3, 0.4) is 0 Å². The highest BCUT2D eigenvalue weighted by molar-refractivity contribution is 5.96. The molecule has 3 amide bonds. The molecule has 1 atom stereocenters. The minimum atomic E-state index is -0.814. The molecule has 4 N–H and O–H groups in total. The summed E-state index contributed by atoms with van der Waals surface area (Å²) in [6.07, 6.45) is 8.29. The lowest BCUT2D eigenvalue weighted by Crippen LogP contribution is -2.46. The van der Waals surface area contributed by atoms with Gasteiger partial charge in [0.1, 0.15) is 6.04 Å². The Morgan fingerprint density at radius 3 is 2.18 bits per heavy atom. The predicted molar refractivity (Wildman–Crippen MR) is 86.2 cm³/mol. The quantitative estimate of drug-likeness (QED) is 0.799. The standard InChI is InChI=1S/C17H25N3O2/c18-17(22)20-16(21)15(13-9-5-4-6-10-13)19-14-11-7-2-1-3-8-12-14/h4-6,9-10,14-15,19H,1-3,7-8,11-12H2,(H3,18,20,21,22)/t15-/m0/s1. The second kappa shape index (κ2) is 8.54. The number of carbonyl (C=O) groups is 2. The molecule has 1 aromatic rings. The van der Waals surface area contributed by atoms with Crippen LogP contribution in [-0.2, 0) is 4.79 Å². The summed E-state index contributed by atoms with van der Waals surface area (Å²) in [7, 11) is 0. The Balaban J connectivity index is 2.09. The van der Waals surface area contributed by atoms with Gasteiger partial charge in [0.2, 0.25) is 5.91 Å². The number of benzene rings is 1. The van der Waals surface area contributed by atoms with Crippen molar-refractivity contribution in [3.63, 3.8) is 0 Å². The van der Waals surface area contributed by atoms with Gasteiger partial charge in [-0.3, -0.25) is 15.4 Å². The van der Waals surface area contributed by atoms with E-state index in [0.29, 0.717) is 6.04 Å². The third kappa shape index (κ3) is 5.15. The summed E-state index contributed by atoms with van der Waals surface area (Å²) < 4.78 is 0. The van der Waals surface area contributed by atoms with E-state index in [1.807, 2.05) is 30.3 Å². The summed E-state index contributed by atoms with van der Waals surface area (Å²) >= 11 is 0. The van der Waals surface area contributed by atoms with Crippen LogP contribution in [0, 0.1) is 0 Å². The highest BCUT2D eigenvalue weighted by atomic mass is 16.2. The largest absolute Gasteiger partial charge is 0.351 e. The highest BCUT2D eigenvalue weighted by Gasteiger charge is 2.24. The topological polar surface area (TPSA) is 84.2 Å². The fourth-order valence-corrected chi connectivity index (χ4v) is 3.02. The van der Waals surface area contributed by atoms with Crippen molar-refractivity contribution in [3.8, 4) is 0 Å². The number of carbonyl (C=O) groups excluding carboxylic acids is 2. The van der Waals surface area contributed by atoms with Crippen LogP contribution in [0.2, 0.25) is 0 Å². The van der Waals surface area contributed by atoms with Crippen LogP contribution < -0.4 is 16.4 Å². The van der Waals surface area contributed by atoms with E-state index in [1.54, 1.807) is 0 Å². The molecule has 1 aromatic carbocycles. The fraction of sp³-hybridized carbons (Fsp3) is 0.529. The smallest absolute Gasteiger partial charge is 0.318 e. The Bertz CT molecular complexity index is 482. The maximum atomic E-state index is 12.3. The molecule has 0 heterocycles. The Hall–Kier alpha value is -1.88. The Kier molecular flexibility index (Phi) is 6.40. The number of nitrogens with two attached hydrogens (primary N) is 1. The first-order valence-corrected chi connectivity index (χ1v) is 8.08. The summed E-state index contributed by atoms with van der Waals surface area (Å²) in [6.45, 7) is 0. The molecule has 5 heteroatoms. The van der Waals surface area contributed by atoms with Crippen LogP contribution in [-0.4, -0.2) is 18.0 Å². The van der Waals surface area contributed by atoms with Gasteiger partial charge in [-0.05, 0) is 18.4 Å². The van der Waals surface area contributed by atoms with Crippen molar-refractivity contribution in [1.29, 1.82) is 0 Å². The van der Waals surface area contributed by atoms with E-state index in [4.69, 9.17) is 5.73 Å². The number of urea groups is 1. The minimum Gasteiger partial charge on any atom is -0.351 e. The molecule has 0 aliphatic heterocycles. The van der Waals surface area contributed by atoms with E-state index in [0.717, 1.165) is 18.4 Å². The van der Waals surface area contributed by atoms with Crippen LogP contribution in [0.4, 0.5) is 4.79 Å². The highest BCUT2D eigenvalue weighted by Crippen LogP contribution is 2.21. The van der Waals surface area contributed by atoms with E-state index in [1.165, 1.54) is 32.1 Å². The van der Waals surface area contributed by atoms with Crippen LogP contribution in [0.5, 0.6) is 0 Å². The summed E-state index contributed by atoms with van der Waals surface area (Å²) in [6, 6.07) is 8.40. The SMILES string of the molecule is NC(=O)NC(=O)[C@@H](NC1CCCCCCC1)c1ccccc1. The molecular formula is C17H25N3O2. The van der Waals surface area contributed by atoms with E-state index < -0.39 is 12.1 Å². The van der Waals surface area contributed by atoms with Crippen molar-refractivity contribution >= 4 is 11.9 Å². The zero-order valence-electron chi connectivity index (χ0n) is 12.9. The van der Waals surface area contributed by atoms with Crippen molar-refractivity contribution in [1.82, 2.24) is 10.6 Å². The lowest BCUT2D eigenvalue weighted by atomic mass is 9.95. The number of hydrogen-bond acceptors (Lipinski definition) is 3. The molecule has 0 aromatic heterocycles. The molecule has 2 rings (SSSR count). The molecule has 22 heavy (non-hydrogen) atoms. The van der Waals surface area contributed by atoms with Gasteiger partial charge in [-0.25, -0.2) is 4.79 Å². The predicted octanol–water partition coefficient (Wildman–Crippen LogP) is 2.63. The van der Waals surface area contributed by atoms with Gasteiger partial charge in [0.25, 0.3) is 0 Å². The zero-order valence-corrected chi connectivity index (χ0v) is 12.9. The molecule has 5 nitrogen and oxygen atoms in total. The summed E-state index contributed by atoms with van der Waals surface area (Å²) in [5, 5.41) is 5.62. The van der Waals surface area contributed by atoms with Gasteiger partial charge in [0.15, 0.2) is 0 Å². The van der Waals surface area contributed by atoms with Gasteiger partial charge in [-0.2, -0.15) is 0 Å². The molecule has 0 saturated heterocycles. The molecule has 1 fully saturated rings. The molecule has 0 unspecified atom stereocenters. The summed E-state index contributed by atoms with van der Waals surface area (Å²) in [5.41, 5.74) is 5.94. The number of imide groups is 1. The number of nitrogens with one attached hydrogen (secondary N) is 2. The molecule has 0 spiro atoms. The molecule has 0 bridgehead atoms. The summed E-state index contributed by atoms with van der Waals surface area (Å²) in [5.74, 6) is -0.388. The van der Waals surface area contributed by atoms with Crippen molar-refractivity contribution in [2.45, 2.75) is 57.0 Å². The number of rotatable bonds is 4. The average molecular weight is 303 g/mol. The second-order valence-electron chi connectivity index (χ2n) is 5.91. The molecule has 120 valence electrons. The molecule has 0 radical (unpaired) electrons. The normalized spacial score (nSPS) is 18.0. The van der Waals surface area contributed by atoms with E-state index in [-0.39, 0.29) is 5.91 Å². The van der Waals surface area contributed by atoms with Crippen molar-refractivity contribution in [2.75, 3.05) is 0 Å². The monoisotopic (exact) mass is 303 g/mol. The van der Waals surface area contributed by atoms with Gasteiger partial charge < -0.3 is 5.73 Å². The lowest BCUT2D eigenvalue weighted by molar-refractivity contribution is -0.122. The number of amides is 3. The minimum absolute atomic E-state index is 0.295. The van der Waals surface area contributed by atoms with Gasteiger partial charge in [-0.15, -0.1) is 0 Å². The molecule has 1 saturated carbocycles. The second-order valence-corrected chi connectivity index (χ2v) is 5.91. The maximum Gasteiger partial charge on any atom is 0.318 e. The van der Waals surface area contributed by atoms with Crippen LogP contribution >= 0.6 is 0 Å². The van der Waals surface area contributed by atoms with Crippen molar-refractivity contribution in [2.24, 2.45) is 5.73 Å². The van der Waals surface area contributed by atoms with Crippen molar-refractivity contribution in [3.05, 3.63) is 35.9 Å². The number of hydrogen-bond donors (Lipinski definition) is 3.